The molecule has 0 aromatic heterocycles. The maximum absolute atomic E-state index is 10.3. The smallest absolute Gasteiger partial charge is 0.267 e. The van der Waals surface area contributed by atoms with Gasteiger partial charge in [0, 0.05) is 24.8 Å². The first-order valence-corrected chi connectivity index (χ1v) is 3.36. The number of allylic oxidation sites excluding steroid dienone is 1. The lowest BCUT2D eigenvalue weighted by atomic mass is 10.3. The number of rotatable bonds is 1. The van der Waals surface area contributed by atoms with E-state index in [1.165, 1.54) is 25.5 Å². The molecule has 1 rings (SSSR count). The van der Waals surface area contributed by atoms with E-state index in [1.807, 2.05) is 0 Å². The van der Waals surface area contributed by atoms with Crippen LogP contribution in [0.3, 0.4) is 0 Å². The second-order valence-electron chi connectivity index (χ2n) is 2.13. The Morgan fingerprint density at radius 3 is 3.08 bits per heavy atom. The average molecular weight is 168 g/mol. The number of aliphatic imine (C=N–C) groups is 1. The molecule has 0 aromatic rings. The van der Waals surface area contributed by atoms with E-state index in [4.69, 9.17) is 4.74 Å². The maximum Gasteiger partial charge on any atom is 0.267 e. The van der Waals surface area contributed by atoms with Gasteiger partial charge in [0.2, 0.25) is 0 Å². The topological polar surface area (TPSA) is 64.7 Å². The van der Waals surface area contributed by atoms with Crippen LogP contribution < -0.4 is 0 Å². The SMILES string of the molecule is COC1=NC=CC([N+](=O)[O-])=CC1. The fraction of sp³-hybridized carbons (Fsp3) is 0.286. The molecule has 0 amide bonds. The highest BCUT2D eigenvalue weighted by molar-refractivity contribution is 5.78. The third kappa shape index (κ3) is 1.91. The van der Waals surface area contributed by atoms with Crippen molar-refractivity contribution in [2.24, 2.45) is 4.99 Å². The summed E-state index contributed by atoms with van der Waals surface area (Å²) in [5.41, 5.74) is 0.0470. The number of hydrogen-bond acceptors (Lipinski definition) is 4. The highest BCUT2D eigenvalue weighted by Crippen LogP contribution is 2.06. The summed E-state index contributed by atoms with van der Waals surface area (Å²) >= 11 is 0. The molecule has 0 unspecified atom stereocenters. The van der Waals surface area contributed by atoms with E-state index >= 15 is 0 Å². The van der Waals surface area contributed by atoms with E-state index in [0.29, 0.717) is 12.3 Å². The molecule has 5 nitrogen and oxygen atoms in total. The zero-order valence-corrected chi connectivity index (χ0v) is 6.56. The van der Waals surface area contributed by atoms with E-state index in [2.05, 4.69) is 4.99 Å². The zero-order valence-electron chi connectivity index (χ0n) is 6.56. The second kappa shape index (κ2) is 3.66. The van der Waals surface area contributed by atoms with E-state index in [0.717, 1.165) is 0 Å². The van der Waals surface area contributed by atoms with Crippen LogP contribution in [0.2, 0.25) is 0 Å². The van der Waals surface area contributed by atoms with Gasteiger partial charge >= 0.3 is 0 Å². The fourth-order valence-electron chi connectivity index (χ4n) is 0.781. The van der Waals surface area contributed by atoms with Crippen LogP contribution in [0.1, 0.15) is 6.42 Å². The summed E-state index contributed by atoms with van der Waals surface area (Å²) in [5.74, 6) is 0.475. The van der Waals surface area contributed by atoms with E-state index in [1.54, 1.807) is 0 Å². The third-order valence-electron chi connectivity index (χ3n) is 1.40. The van der Waals surface area contributed by atoms with Gasteiger partial charge in [0.05, 0.1) is 12.0 Å². The number of nitro groups is 1. The number of methoxy groups -OCH3 is 1. The maximum atomic E-state index is 10.3. The van der Waals surface area contributed by atoms with Crippen molar-refractivity contribution in [3.63, 3.8) is 0 Å². The monoisotopic (exact) mass is 168 g/mol. The largest absolute Gasteiger partial charge is 0.484 e. The highest BCUT2D eigenvalue weighted by atomic mass is 16.6. The molecular weight excluding hydrogens is 160 g/mol. The Labute approximate surface area is 69.2 Å². The molecule has 0 aliphatic carbocycles. The van der Waals surface area contributed by atoms with Crippen LogP contribution in [-0.4, -0.2) is 17.9 Å². The third-order valence-corrected chi connectivity index (χ3v) is 1.40. The minimum Gasteiger partial charge on any atom is -0.484 e. The highest BCUT2D eigenvalue weighted by Gasteiger charge is 2.08. The van der Waals surface area contributed by atoms with Crippen LogP contribution in [-0.2, 0) is 4.74 Å². The molecule has 0 radical (unpaired) electrons. The van der Waals surface area contributed by atoms with Gasteiger partial charge in [0.25, 0.3) is 5.70 Å². The molecule has 0 fully saturated rings. The number of hydrogen-bond donors (Lipinski definition) is 0. The molecule has 0 saturated heterocycles. The molecular formula is C7H8N2O3. The Morgan fingerprint density at radius 1 is 1.75 bits per heavy atom. The summed E-state index contributed by atoms with van der Waals surface area (Å²) in [6.45, 7) is 0. The Bertz CT molecular complexity index is 278. The molecule has 0 spiro atoms. The van der Waals surface area contributed by atoms with Crippen LogP contribution in [0.5, 0.6) is 0 Å². The quantitative estimate of drug-likeness (QED) is 0.435. The van der Waals surface area contributed by atoms with E-state index < -0.39 is 4.92 Å². The predicted molar refractivity (Wildman–Crippen MR) is 43.3 cm³/mol. The van der Waals surface area contributed by atoms with Crippen molar-refractivity contribution in [3.8, 4) is 0 Å². The molecule has 0 atom stereocenters. The first-order valence-electron chi connectivity index (χ1n) is 3.36. The Kier molecular flexibility index (Phi) is 2.57. The van der Waals surface area contributed by atoms with Gasteiger partial charge in [-0.25, -0.2) is 4.99 Å². The normalized spacial score (nSPS) is 16.1. The Hall–Kier alpha value is -1.65. The van der Waals surface area contributed by atoms with Crippen LogP contribution in [0.4, 0.5) is 0 Å². The predicted octanol–water partition coefficient (Wildman–Crippen LogP) is 1.11. The average Bonchev–Trinajstić information content (AvgIpc) is 2.28. The van der Waals surface area contributed by atoms with Gasteiger partial charge in [0.1, 0.15) is 0 Å². The molecule has 0 N–H and O–H groups in total. The van der Waals surface area contributed by atoms with Crippen molar-refractivity contribution < 1.29 is 9.66 Å². The summed E-state index contributed by atoms with van der Waals surface area (Å²) in [4.78, 5) is 13.7. The molecule has 1 aliphatic heterocycles. The summed E-state index contributed by atoms with van der Waals surface area (Å²) < 4.78 is 4.83. The summed E-state index contributed by atoms with van der Waals surface area (Å²) in [5, 5.41) is 10.3. The number of nitrogens with zero attached hydrogens (tertiary/aromatic N) is 2. The van der Waals surface area contributed by atoms with Gasteiger partial charge in [-0.2, -0.15) is 0 Å². The molecule has 0 bridgehead atoms. The van der Waals surface area contributed by atoms with E-state index in [-0.39, 0.29) is 5.70 Å². The van der Waals surface area contributed by atoms with Gasteiger partial charge < -0.3 is 4.74 Å². The van der Waals surface area contributed by atoms with Crippen molar-refractivity contribution in [2.75, 3.05) is 7.11 Å². The van der Waals surface area contributed by atoms with Crippen LogP contribution >= 0.6 is 0 Å². The standard InChI is InChI=1S/C7H8N2O3/c1-12-7-3-2-6(9(10)11)4-5-8-7/h2,4-5H,3H2,1H3. The first-order chi connectivity index (χ1) is 5.74. The molecule has 1 aliphatic rings. The van der Waals surface area contributed by atoms with Gasteiger partial charge in [-0.1, -0.05) is 0 Å². The van der Waals surface area contributed by atoms with Gasteiger partial charge in [-0.05, 0) is 0 Å². The van der Waals surface area contributed by atoms with Crippen molar-refractivity contribution in [3.05, 3.63) is 34.2 Å². The van der Waals surface area contributed by atoms with Crippen LogP contribution in [0, 0.1) is 10.1 Å². The molecule has 0 saturated carbocycles. The van der Waals surface area contributed by atoms with Gasteiger partial charge in [-0.3, -0.25) is 10.1 Å². The molecule has 0 aromatic carbocycles. The van der Waals surface area contributed by atoms with E-state index in [9.17, 15) is 10.1 Å². The summed E-state index contributed by atoms with van der Waals surface area (Å²) in [6.07, 6.45) is 4.53. The van der Waals surface area contributed by atoms with Crippen molar-refractivity contribution in [1.29, 1.82) is 0 Å². The van der Waals surface area contributed by atoms with Gasteiger partial charge in [-0.15, -0.1) is 0 Å². The lowest BCUT2D eigenvalue weighted by Crippen LogP contribution is -1.99. The lowest BCUT2D eigenvalue weighted by molar-refractivity contribution is -0.419. The summed E-state index contributed by atoms with van der Waals surface area (Å²) in [6, 6.07) is 0. The lowest BCUT2D eigenvalue weighted by Gasteiger charge is -1.96. The Balaban J connectivity index is 2.77. The van der Waals surface area contributed by atoms with Crippen molar-refractivity contribution in [2.45, 2.75) is 6.42 Å². The number of ether oxygens (including phenoxy) is 1. The summed E-state index contributed by atoms with van der Waals surface area (Å²) in [7, 11) is 1.48. The molecule has 12 heavy (non-hydrogen) atoms. The fourth-order valence-corrected chi connectivity index (χ4v) is 0.781. The van der Waals surface area contributed by atoms with Crippen molar-refractivity contribution in [1.82, 2.24) is 0 Å². The van der Waals surface area contributed by atoms with Crippen LogP contribution in [0.25, 0.3) is 0 Å². The molecule has 5 heteroatoms. The Morgan fingerprint density at radius 2 is 2.50 bits per heavy atom. The second-order valence-corrected chi connectivity index (χ2v) is 2.13. The molecule has 1 heterocycles. The van der Waals surface area contributed by atoms with Crippen molar-refractivity contribution >= 4 is 5.90 Å². The molecule has 64 valence electrons. The first kappa shape index (κ1) is 8.45. The minimum atomic E-state index is -0.454. The zero-order chi connectivity index (χ0) is 8.97. The van der Waals surface area contributed by atoms with Crippen LogP contribution in [0.15, 0.2) is 29.0 Å². The van der Waals surface area contributed by atoms with Gasteiger partial charge in [0.15, 0.2) is 5.90 Å². The minimum absolute atomic E-state index is 0.0470.